The normalized spacial score (nSPS) is 11.3. The molecule has 1 aromatic heterocycles. The Hall–Kier alpha value is -3.27. The molecule has 2 aromatic rings. The number of aromatic nitrogens is 2. The molecule has 0 aliphatic rings. The van der Waals surface area contributed by atoms with E-state index in [-0.39, 0.29) is 28.4 Å². The van der Waals surface area contributed by atoms with Crippen LogP contribution in [0.15, 0.2) is 34.4 Å². The second-order valence-electron chi connectivity index (χ2n) is 6.58. The second-order valence-corrected chi connectivity index (χ2v) is 6.94. The van der Waals surface area contributed by atoms with Gasteiger partial charge in [-0.05, 0) is 43.2 Å². The third-order valence-electron chi connectivity index (χ3n) is 4.26. The third kappa shape index (κ3) is 7.28. The molecule has 11 heteroatoms. The molecular weight excluding hydrogens is 408 g/mol. The number of aliphatic imine (C=N–C) groups is 1. The number of carbonyl (C=O) groups is 1. The lowest BCUT2D eigenvalue weighted by Crippen LogP contribution is -2.38. The van der Waals surface area contributed by atoms with Crippen LogP contribution in [0, 0.1) is 4.91 Å². The third-order valence-corrected chi connectivity index (χ3v) is 4.53. The maximum absolute atomic E-state index is 12.1. The van der Waals surface area contributed by atoms with Gasteiger partial charge in [-0.2, -0.15) is 4.91 Å². The standard InChI is InChI=1S/C19H25ClN8O2/c20-15-17(22)27-16(21)14(26-15)18(29)28-19(23)24-10-2-1-4-12-6-8-13(9-7-12)5-3-11-25-30/h6-9H,1-5,10-11H2,(H4,21,22,27)(H3,23,24,28,29). The predicted molar refractivity (Wildman–Crippen MR) is 118 cm³/mol. The van der Waals surface area contributed by atoms with Crippen LogP contribution in [-0.4, -0.2) is 34.9 Å². The maximum atomic E-state index is 12.1. The minimum atomic E-state index is -0.660. The number of amides is 1. The molecule has 1 aromatic carbocycles. The van der Waals surface area contributed by atoms with E-state index in [4.69, 9.17) is 28.8 Å². The zero-order chi connectivity index (χ0) is 21.9. The summed E-state index contributed by atoms with van der Waals surface area (Å²) in [6.45, 7) is 0.812. The van der Waals surface area contributed by atoms with Crippen molar-refractivity contribution in [2.75, 3.05) is 24.6 Å². The molecule has 0 aliphatic heterocycles. The van der Waals surface area contributed by atoms with Crippen LogP contribution in [0.2, 0.25) is 5.15 Å². The topological polar surface area (TPSA) is 175 Å². The van der Waals surface area contributed by atoms with E-state index in [1.165, 1.54) is 11.1 Å². The first-order valence-electron chi connectivity index (χ1n) is 9.47. The quantitative estimate of drug-likeness (QED) is 0.192. The van der Waals surface area contributed by atoms with Crippen molar-refractivity contribution >= 4 is 35.1 Å². The maximum Gasteiger partial charge on any atom is 0.280 e. The number of aryl methyl sites for hydroxylation is 2. The lowest BCUT2D eigenvalue weighted by atomic mass is 10.0. The lowest BCUT2D eigenvalue weighted by Gasteiger charge is -2.07. The number of hydrogen-bond donors (Lipinski definition) is 4. The Labute approximate surface area is 179 Å². The van der Waals surface area contributed by atoms with Crippen LogP contribution in [0.25, 0.3) is 0 Å². The van der Waals surface area contributed by atoms with Crippen molar-refractivity contribution < 1.29 is 4.79 Å². The summed E-state index contributed by atoms with van der Waals surface area (Å²) in [5, 5.41) is 5.15. The molecule has 0 unspecified atom stereocenters. The molecule has 0 saturated heterocycles. The molecule has 1 amide bonds. The van der Waals surface area contributed by atoms with Crippen molar-refractivity contribution in [3.05, 3.63) is 51.1 Å². The lowest BCUT2D eigenvalue weighted by molar-refractivity contribution is 0.0972. The number of guanidine groups is 1. The van der Waals surface area contributed by atoms with Crippen molar-refractivity contribution in [1.82, 2.24) is 15.3 Å². The highest BCUT2D eigenvalue weighted by atomic mass is 35.5. The van der Waals surface area contributed by atoms with Gasteiger partial charge in [-0.25, -0.2) is 9.97 Å². The Morgan fingerprint density at radius 1 is 0.967 bits per heavy atom. The molecule has 30 heavy (non-hydrogen) atoms. The average Bonchev–Trinajstić information content (AvgIpc) is 2.71. The Balaban J connectivity index is 1.73. The van der Waals surface area contributed by atoms with Gasteiger partial charge in [0, 0.05) is 6.54 Å². The van der Waals surface area contributed by atoms with Gasteiger partial charge in [0.1, 0.15) is 0 Å². The number of unbranched alkanes of at least 4 members (excludes halogenated alkanes) is 1. The second kappa shape index (κ2) is 11.7. The van der Waals surface area contributed by atoms with Gasteiger partial charge in [0.05, 0.1) is 6.54 Å². The number of nitrogens with one attached hydrogen (secondary N) is 1. The van der Waals surface area contributed by atoms with Gasteiger partial charge >= 0.3 is 0 Å². The minimum absolute atomic E-state index is 0.0386. The molecule has 0 radical (unpaired) electrons. The van der Waals surface area contributed by atoms with E-state index in [0.29, 0.717) is 13.1 Å². The fraction of sp³-hybridized carbons (Fsp3) is 0.368. The molecule has 0 atom stereocenters. The number of benzene rings is 1. The summed E-state index contributed by atoms with van der Waals surface area (Å²) in [6.07, 6.45) is 4.26. The Bertz CT molecular complexity index is 902. The van der Waals surface area contributed by atoms with E-state index in [1.54, 1.807) is 0 Å². The van der Waals surface area contributed by atoms with Gasteiger partial charge < -0.3 is 17.2 Å². The van der Waals surface area contributed by atoms with Gasteiger partial charge in [0.15, 0.2) is 28.4 Å². The summed E-state index contributed by atoms with van der Waals surface area (Å²) >= 11 is 5.76. The molecule has 7 N–H and O–H groups in total. The number of nitrogen functional groups attached to an aromatic ring is 2. The summed E-state index contributed by atoms with van der Waals surface area (Å²) in [5.41, 5.74) is 19.1. The van der Waals surface area contributed by atoms with E-state index in [1.807, 2.05) is 0 Å². The predicted octanol–water partition coefficient (Wildman–Crippen LogP) is 2.06. The first-order valence-corrected chi connectivity index (χ1v) is 9.85. The van der Waals surface area contributed by atoms with Gasteiger partial charge in [0.25, 0.3) is 5.91 Å². The SMILES string of the molecule is NC(=NCCCCc1ccc(CCCN=O)cc1)NC(=O)c1nc(Cl)c(N)nc1N. The zero-order valence-corrected chi connectivity index (χ0v) is 17.2. The number of rotatable bonds is 10. The smallest absolute Gasteiger partial charge is 0.280 e. The molecule has 160 valence electrons. The van der Waals surface area contributed by atoms with Crippen LogP contribution in [0.1, 0.15) is 40.9 Å². The van der Waals surface area contributed by atoms with Crippen molar-refractivity contribution in [3.63, 3.8) is 0 Å². The molecule has 0 saturated carbocycles. The Morgan fingerprint density at radius 3 is 2.23 bits per heavy atom. The van der Waals surface area contributed by atoms with E-state index < -0.39 is 5.91 Å². The van der Waals surface area contributed by atoms with Crippen LogP contribution in [0.4, 0.5) is 11.6 Å². The molecular formula is C19H25ClN8O2. The Morgan fingerprint density at radius 2 is 1.60 bits per heavy atom. The van der Waals surface area contributed by atoms with Crippen molar-refractivity contribution in [2.45, 2.75) is 32.1 Å². The van der Waals surface area contributed by atoms with E-state index in [2.05, 4.69) is 49.7 Å². The van der Waals surface area contributed by atoms with Crippen molar-refractivity contribution in [1.29, 1.82) is 0 Å². The molecule has 10 nitrogen and oxygen atoms in total. The van der Waals surface area contributed by atoms with Gasteiger partial charge in [0.2, 0.25) is 0 Å². The fourth-order valence-corrected chi connectivity index (χ4v) is 2.81. The number of nitrogens with two attached hydrogens (primary N) is 3. The van der Waals surface area contributed by atoms with E-state index >= 15 is 0 Å². The van der Waals surface area contributed by atoms with E-state index in [0.717, 1.165) is 32.1 Å². The first-order chi connectivity index (χ1) is 14.4. The first kappa shape index (κ1) is 23.0. The number of hydrogen-bond acceptors (Lipinski definition) is 8. The van der Waals surface area contributed by atoms with Crippen LogP contribution < -0.4 is 22.5 Å². The molecule has 2 rings (SSSR count). The zero-order valence-electron chi connectivity index (χ0n) is 16.5. The van der Waals surface area contributed by atoms with Crippen molar-refractivity contribution in [2.24, 2.45) is 15.9 Å². The Kier molecular flexibility index (Phi) is 8.95. The van der Waals surface area contributed by atoms with Crippen LogP contribution in [0.5, 0.6) is 0 Å². The monoisotopic (exact) mass is 432 g/mol. The largest absolute Gasteiger partial charge is 0.382 e. The molecule has 1 heterocycles. The van der Waals surface area contributed by atoms with Crippen LogP contribution in [0.3, 0.4) is 0 Å². The van der Waals surface area contributed by atoms with Gasteiger partial charge in [-0.1, -0.05) is 41.0 Å². The number of carbonyl (C=O) groups excluding carboxylic acids is 1. The molecule has 0 aliphatic carbocycles. The highest BCUT2D eigenvalue weighted by Crippen LogP contribution is 2.17. The summed E-state index contributed by atoms with van der Waals surface area (Å²) in [5.74, 6) is -0.902. The van der Waals surface area contributed by atoms with Gasteiger partial charge in [-0.15, -0.1) is 0 Å². The summed E-state index contributed by atoms with van der Waals surface area (Å²) < 4.78 is 0. The summed E-state index contributed by atoms with van der Waals surface area (Å²) in [7, 11) is 0. The van der Waals surface area contributed by atoms with E-state index in [9.17, 15) is 9.70 Å². The van der Waals surface area contributed by atoms with Crippen molar-refractivity contribution in [3.8, 4) is 0 Å². The van der Waals surface area contributed by atoms with Gasteiger partial charge in [-0.3, -0.25) is 15.1 Å². The number of halogens is 1. The number of nitrogens with zero attached hydrogens (tertiary/aromatic N) is 4. The van der Waals surface area contributed by atoms with Crippen LogP contribution >= 0.6 is 11.6 Å². The minimum Gasteiger partial charge on any atom is -0.382 e. The fourth-order valence-electron chi connectivity index (χ4n) is 2.68. The summed E-state index contributed by atoms with van der Waals surface area (Å²) in [4.78, 5) is 33.9. The highest BCUT2D eigenvalue weighted by molar-refractivity contribution is 6.31. The molecule has 0 bridgehead atoms. The molecule has 0 spiro atoms. The number of anilines is 2. The van der Waals surface area contributed by atoms with Crippen LogP contribution in [-0.2, 0) is 12.8 Å². The number of nitroso groups, excluding NO2 is 1. The highest BCUT2D eigenvalue weighted by Gasteiger charge is 2.16. The molecule has 0 fully saturated rings. The summed E-state index contributed by atoms with van der Waals surface area (Å²) in [6, 6.07) is 8.32. The average molecular weight is 433 g/mol.